The van der Waals surface area contributed by atoms with Crippen molar-refractivity contribution in [3.8, 4) is 0 Å². The number of primary amides is 1. The molecule has 0 aliphatic heterocycles. The molecule has 0 spiro atoms. The van der Waals surface area contributed by atoms with Gasteiger partial charge in [-0.2, -0.15) is 0 Å². The Morgan fingerprint density at radius 1 is 1.38 bits per heavy atom. The van der Waals surface area contributed by atoms with Crippen molar-refractivity contribution in [2.45, 2.75) is 19.8 Å². The van der Waals surface area contributed by atoms with Gasteiger partial charge in [0.05, 0.1) is 6.54 Å². The largest absolute Gasteiger partial charge is 0.370 e. The summed E-state index contributed by atoms with van der Waals surface area (Å²) in [6, 6.07) is 0. The van der Waals surface area contributed by atoms with Gasteiger partial charge >= 0.3 is 0 Å². The predicted octanol–water partition coefficient (Wildman–Crippen LogP) is -1.02. The Morgan fingerprint density at radius 3 is 2.62 bits per heavy atom. The first-order valence-electron chi connectivity index (χ1n) is 4.42. The molecule has 0 saturated heterocycles. The van der Waals surface area contributed by atoms with E-state index in [9.17, 15) is 9.59 Å². The van der Waals surface area contributed by atoms with Crippen LogP contribution in [0.2, 0.25) is 0 Å². The first-order valence-corrected chi connectivity index (χ1v) is 4.42. The Labute approximate surface area is 78.1 Å². The molecule has 5 heteroatoms. The third-order valence-electron chi connectivity index (χ3n) is 1.44. The zero-order valence-electron chi connectivity index (χ0n) is 7.93. The highest BCUT2D eigenvalue weighted by atomic mass is 16.2. The zero-order chi connectivity index (χ0) is 10.1. The fraction of sp³-hybridized carbons (Fsp3) is 0.750. The van der Waals surface area contributed by atoms with Crippen LogP contribution in [-0.2, 0) is 9.59 Å². The maximum atomic E-state index is 10.9. The molecule has 0 bridgehead atoms. The minimum Gasteiger partial charge on any atom is -0.370 e. The second kappa shape index (κ2) is 7.54. The van der Waals surface area contributed by atoms with Gasteiger partial charge in [-0.05, 0) is 19.9 Å². The highest BCUT2D eigenvalue weighted by Gasteiger charge is 1.98. The molecule has 0 rings (SSSR count). The van der Waals surface area contributed by atoms with E-state index >= 15 is 0 Å². The SMILES string of the molecule is CCNC(=O)CNCCCC(N)=O. The summed E-state index contributed by atoms with van der Waals surface area (Å²) in [4.78, 5) is 21.2. The molecule has 4 N–H and O–H groups in total. The van der Waals surface area contributed by atoms with Crippen molar-refractivity contribution in [1.82, 2.24) is 10.6 Å². The average molecular weight is 187 g/mol. The zero-order valence-corrected chi connectivity index (χ0v) is 7.93. The Balaban J connectivity index is 3.16. The number of rotatable bonds is 7. The van der Waals surface area contributed by atoms with Gasteiger partial charge in [-0.25, -0.2) is 0 Å². The molecule has 76 valence electrons. The Hall–Kier alpha value is -1.10. The summed E-state index contributed by atoms with van der Waals surface area (Å²) in [5.41, 5.74) is 4.94. The molecule has 13 heavy (non-hydrogen) atoms. The molecule has 0 unspecified atom stereocenters. The van der Waals surface area contributed by atoms with Crippen LogP contribution < -0.4 is 16.4 Å². The molecule has 0 saturated carbocycles. The summed E-state index contributed by atoms with van der Waals surface area (Å²) in [5.74, 6) is -0.332. The van der Waals surface area contributed by atoms with E-state index in [2.05, 4.69) is 10.6 Å². The number of carbonyl (C=O) groups is 2. The second-order valence-corrected chi connectivity index (χ2v) is 2.70. The van der Waals surface area contributed by atoms with Crippen LogP contribution in [0.1, 0.15) is 19.8 Å². The Kier molecular flexibility index (Phi) is 6.91. The van der Waals surface area contributed by atoms with Gasteiger partial charge in [0.2, 0.25) is 11.8 Å². The Morgan fingerprint density at radius 2 is 2.08 bits per heavy atom. The number of nitrogens with two attached hydrogens (primary N) is 1. The number of amides is 2. The molecular weight excluding hydrogens is 170 g/mol. The molecule has 0 fully saturated rings. The van der Waals surface area contributed by atoms with Gasteiger partial charge in [0.25, 0.3) is 0 Å². The van der Waals surface area contributed by atoms with E-state index in [1.165, 1.54) is 0 Å². The van der Waals surface area contributed by atoms with Crippen LogP contribution in [0.15, 0.2) is 0 Å². The smallest absolute Gasteiger partial charge is 0.233 e. The lowest BCUT2D eigenvalue weighted by Crippen LogP contribution is -2.34. The highest BCUT2D eigenvalue weighted by molar-refractivity contribution is 5.77. The van der Waals surface area contributed by atoms with E-state index in [-0.39, 0.29) is 11.8 Å². The summed E-state index contributed by atoms with van der Waals surface area (Å²) in [7, 11) is 0. The van der Waals surface area contributed by atoms with E-state index in [0.29, 0.717) is 32.5 Å². The van der Waals surface area contributed by atoms with E-state index < -0.39 is 0 Å². The van der Waals surface area contributed by atoms with Crippen molar-refractivity contribution in [2.75, 3.05) is 19.6 Å². The normalized spacial score (nSPS) is 9.62. The van der Waals surface area contributed by atoms with E-state index in [4.69, 9.17) is 5.73 Å². The topological polar surface area (TPSA) is 84.2 Å². The number of nitrogens with one attached hydrogen (secondary N) is 2. The first kappa shape index (κ1) is 11.9. The molecule has 0 aliphatic carbocycles. The summed E-state index contributed by atoms with van der Waals surface area (Å²) >= 11 is 0. The van der Waals surface area contributed by atoms with Gasteiger partial charge in [0.15, 0.2) is 0 Å². The average Bonchev–Trinajstić information content (AvgIpc) is 2.03. The van der Waals surface area contributed by atoms with E-state index in [0.717, 1.165) is 0 Å². The predicted molar refractivity (Wildman–Crippen MR) is 50.0 cm³/mol. The third-order valence-corrected chi connectivity index (χ3v) is 1.44. The van der Waals surface area contributed by atoms with E-state index in [1.54, 1.807) is 0 Å². The molecule has 0 heterocycles. The van der Waals surface area contributed by atoms with Crippen LogP contribution in [0.25, 0.3) is 0 Å². The van der Waals surface area contributed by atoms with Crippen LogP contribution in [0.5, 0.6) is 0 Å². The van der Waals surface area contributed by atoms with Crippen molar-refractivity contribution in [1.29, 1.82) is 0 Å². The third kappa shape index (κ3) is 8.81. The number of hydrogen-bond acceptors (Lipinski definition) is 3. The van der Waals surface area contributed by atoms with Gasteiger partial charge in [-0.3, -0.25) is 9.59 Å². The summed E-state index contributed by atoms with van der Waals surface area (Å²) in [5, 5.41) is 5.56. The van der Waals surface area contributed by atoms with Gasteiger partial charge in [0.1, 0.15) is 0 Å². The lowest BCUT2D eigenvalue weighted by Gasteiger charge is -2.03. The molecule has 0 atom stereocenters. The van der Waals surface area contributed by atoms with Crippen molar-refractivity contribution < 1.29 is 9.59 Å². The minimum atomic E-state index is -0.306. The lowest BCUT2D eigenvalue weighted by atomic mass is 10.3. The molecule has 0 aromatic heterocycles. The number of hydrogen-bond donors (Lipinski definition) is 3. The maximum absolute atomic E-state index is 10.9. The molecule has 5 nitrogen and oxygen atoms in total. The van der Waals surface area contributed by atoms with Crippen molar-refractivity contribution >= 4 is 11.8 Å². The monoisotopic (exact) mass is 187 g/mol. The van der Waals surface area contributed by atoms with Crippen LogP contribution >= 0.6 is 0 Å². The minimum absolute atomic E-state index is 0.0263. The molecular formula is C8H17N3O2. The quantitative estimate of drug-likeness (QED) is 0.446. The molecule has 0 radical (unpaired) electrons. The Bertz CT molecular complexity index is 171. The number of carbonyl (C=O) groups excluding carboxylic acids is 2. The van der Waals surface area contributed by atoms with Crippen LogP contribution in [0, 0.1) is 0 Å². The summed E-state index contributed by atoms with van der Waals surface area (Å²) in [6.45, 7) is 3.44. The lowest BCUT2D eigenvalue weighted by molar-refractivity contribution is -0.120. The van der Waals surface area contributed by atoms with Gasteiger partial charge < -0.3 is 16.4 Å². The molecule has 0 aromatic rings. The molecule has 0 aromatic carbocycles. The van der Waals surface area contributed by atoms with Gasteiger partial charge in [0, 0.05) is 13.0 Å². The van der Waals surface area contributed by atoms with Crippen LogP contribution in [0.4, 0.5) is 0 Å². The summed E-state index contributed by atoms with van der Waals surface area (Å²) < 4.78 is 0. The van der Waals surface area contributed by atoms with Gasteiger partial charge in [-0.15, -0.1) is 0 Å². The van der Waals surface area contributed by atoms with Crippen molar-refractivity contribution in [3.05, 3.63) is 0 Å². The second-order valence-electron chi connectivity index (χ2n) is 2.70. The maximum Gasteiger partial charge on any atom is 0.233 e. The fourth-order valence-electron chi connectivity index (χ4n) is 0.849. The first-order chi connectivity index (χ1) is 6.16. The summed E-state index contributed by atoms with van der Waals surface area (Å²) in [6.07, 6.45) is 1.04. The van der Waals surface area contributed by atoms with Crippen LogP contribution in [0.3, 0.4) is 0 Å². The molecule has 0 aliphatic rings. The number of likely N-dealkylation sites (N-methyl/N-ethyl adjacent to an activating group) is 1. The van der Waals surface area contributed by atoms with Crippen molar-refractivity contribution in [2.24, 2.45) is 5.73 Å². The highest BCUT2D eigenvalue weighted by Crippen LogP contribution is 1.83. The fourth-order valence-corrected chi connectivity index (χ4v) is 0.849. The van der Waals surface area contributed by atoms with Crippen molar-refractivity contribution in [3.63, 3.8) is 0 Å². The molecule has 2 amide bonds. The van der Waals surface area contributed by atoms with E-state index in [1.807, 2.05) is 6.92 Å². The van der Waals surface area contributed by atoms with Crippen LogP contribution in [-0.4, -0.2) is 31.4 Å². The van der Waals surface area contributed by atoms with Gasteiger partial charge in [-0.1, -0.05) is 0 Å². The standard InChI is InChI=1S/C8H17N3O2/c1-2-11-8(13)6-10-5-3-4-7(9)12/h10H,2-6H2,1H3,(H2,9,12)(H,11,13).